The summed E-state index contributed by atoms with van der Waals surface area (Å²) in [5, 5.41) is 8.30. The normalized spacial score (nSPS) is 21.1. The largest absolute Gasteiger partial charge is 0.348 e. The van der Waals surface area contributed by atoms with Gasteiger partial charge < -0.3 is 15.5 Å². The highest BCUT2D eigenvalue weighted by atomic mass is 16.2. The molecule has 0 bridgehead atoms. The van der Waals surface area contributed by atoms with Crippen LogP contribution in [-0.2, 0) is 38.6 Å². The van der Waals surface area contributed by atoms with Gasteiger partial charge in [-0.25, -0.2) is 0 Å². The molecule has 1 unspecified atom stereocenters. The smallest absolute Gasteiger partial charge is 0.255 e. The van der Waals surface area contributed by atoms with Crippen LogP contribution in [0.4, 0.5) is 0 Å². The van der Waals surface area contributed by atoms with Crippen molar-refractivity contribution >= 4 is 29.5 Å². The van der Waals surface area contributed by atoms with Crippen molar-refractivity contribution in [3.63, 3.8) is 0 Å². The van der Waals surface area contributed by atoms with E-state index in [1.54, 1.807) is 11.0 Å². The number of imide groups is 1. The van der Waals surface area contributed by atoms with Gasteiger partial charge in [0.25, 0.3) is 5.91 Å². The highest BCUT2D eigenvalue weighted by molar-refractivity contribution is 6.05. The summed E-state index contributed by atoms with van der Waals surface area (Å²) < 4.78 is 0. The van der Waals surface area contributed by atoms with Gasteiger partial charge in [-0.15, -0.1) is 0 Å². The number of benzene rings is 2. The zero-order chi connectivity index (χ0) is 27.5. The quantitative estimate of drug-likeness (QED) is 0.453. The molecule has 3 atom stereocenters. The Balaban J connectivity index is 1.23. The average Bonchev–Trinajstić information content (AvgIpc) is 3.25. The van der Waals surface area contributed by atoms with Crippen LogP contribution in [0.3, 0.4) is 0 Å². The molecule has 5 rings (SSSR count). The van der Waals surface area contributed by atoms with E-state index in [-0.39, 0.29) is 36.1 Å². The first kappa shape index (κ1) is 26.6. The highest BCUT2D eigenvalue weighted by Crippen LogP contribution is 2.31. The first-order valence-corrected chi connectivity index (χ1v) is 13.7. The number of nitrogens with one attached hydrogen (secondary N) is 3. The summed E-state index contributed by atoms with van der Waals surface area (Å²) in [6.07, 6.45) is 5.10. The molecule has 0 saturated carbocycles. The van der Waals surface area contributed by atoms with Crippen LogP contribution < -0.4 is 16.0 Å². The van der Waals surface area contributed by atoms with Gasteiger partial charge in [-0.3, -0.25) is 29.3 Å². The maximum absolute atomic E-state index is 13.3. The lowest BCUT2D eigenvalue weighted by atomic mass is 9.87. The fraction of sp³-hybridized carbons (Fsp3) is 0.433. The summed E-state index contributed by atoms with van der Waals surface area (Å²) in [4.78, 5) is 63.8. The molecular weight excluding hydrogens is 496 g/mol. The van der Waals surface area contributed by atoms with E-state index in [0.717, 1.165) is 36.0 Å². The molecule has 0 radical (unpaired) electrons. The Labute approximate surface area is 227 Å². The zero-order valence-electron chi connectivity index (χ0n) is 22.1. The maximum Gasteiger partial charge on any atom is 0.255 e. The number of carbonyl (C=O) groups excluding carboxylic acids is 5. The summed E-state index contributed by atoms with van der Waals surface area (Å²) >= 11 is 0. The predicted octanol–water partition coefficient (Wildman–Crippen LogP) is 2.47. The SMILES string of the molecule is CC(=O)N[C@@H](CCCc1cccc2c1CN(C1CCC(=O)NC1=O)C2=O)C(=O)N[C@H]1CCCc2ccccc21. The monoisotopic (exact) mass is 530 g/mol. The highest BCUT2D eigenvalue weighted by Gasteiger charge is 2.39. The lowest BCUT2D eigenvalue weighted by Gasteiger charge is -2.29. The van der Waals surface area contributed by atoms with Gasteiger partial charge in [-0.05, 0) is 73.3 Å². The van der Waals surface area contributed by atoms with E-state index in [1.165, 1.54) is 12.5 Å². The van der Waals surface area contributed by atoms with Crippen molar-refractivity contribution in [1.29, 1.82) is 0 Å². The number of hydrogen-bond acceptors (Lipinski definition) is 5. The zero-order valence-corrected chi connectivity index (χ0v) is 22.1. The molecule has 3 aliphatic rings. The predicted molar refractivity (Wildman–Crippen MR) is 143 cm³/mol. The number of aryl methyl sites for hydroxylation is 2. The van der Waals surface area contributed by atoms with Crippen LogP contribution in [0, 0.1) is 0 Å². The van der Waals surface area contributed by atoms with Crippen LogP contribution in [0.5, 0.6) is 0 Å². The summed E-state index contributed by atoms with van der Waals surface area (Å²) in [7, 11) is 0. The maximum atomic E-state index is 13.3. The summed E-state index contributed by atoms with van der Waals surface area (Å²) in [6, 6.07) is 12.3. The molecule has 3 N–H and O–H groups in total. The number of nitrogens with zero attached hydrogens (tertiary/aromatic N) is 1. The molecule has 2 aromatic carbocycles. The van der Waals surface area contributed by atoms with Gasteiger partial charge >= 0.3 is 0 Å². The molecule has 0 aromatic heterocycles. The Kier molecular flexibility index (Phi) is 7.77. The van der Waals surface area contributed by atoms with Gasteiger partial charge in [-0.1, -0.05) is 36.4 Å². The van der Waals surface area contributed by atoms with Crippen LogP contribution in [0.1, 0.15) is 84.1 Å². The van der Waals surface area contributed by atoms with Crippen molar-refractivity contribution in [1.82, 2.24) is 20.9 Å². The third-order valence-electron chi connectivity index (χ3n) is 8.00. The lowest BCUT2D eigenvalue weighted by molar-refractivity contribution is -0.137. The molecular formula is C30H34N4O5. The first-order valence-electron chi connectivity index (χ1n) is 13.7. The molecule has 5 amide bonds. The van der Waals surface area contributed by atoms with Gasteiger partial charge in [0.2, 0.25) is 23.6 Å². The van der Waals surface area contributed by atoms with Gasteiger partial charge in [0, 0.05) is 25.5 Å². The van der Waals surface area contributed by atoms with Gasteiger partial charge in [0.1, 0.15) is 12.1 Å². The van der Waals surface area contributed by atoms with E-state index in [1.807, 2.05) is 24.3 Å². The van der Waals surface area contributed by atoms with Crippen LogP contribution in [0.15, 0.2) is 42.5 Å². The minimum atomic E-state index is -0.659. The second-order valence-corrected chi connectivity index (χ2v) is 10.6. The number of hydrogen-bond donors (Lipinski definition) is 3. The topological polar surface area (TPSA) is 125 Å². The standard InChI is InChI=1S/C30H34N4O5/c1-18(35)31-25(28(37)32-24-13-5-9-19-7-2-3-11-21(19)24)14-6-10-20-8-4-12-22-23(20)17-34(30(22)39)26-15-16-27(36)33-29(26)38/h2-4,7-8,11-12,24-26H,5-6,9-10,13-17H2,1H3,(H,31,35)(H,32,37)(H,33,36,38)/t24-,25-,26?/m0/s1. The van der Waals surface area contributed by atoms with E-state index in [4.69, 9.17) is 0 Å². The van der Waals surface area contributed by atoms with Gasteiger partial charge in [0.15, 0.2) is 0 Å². The van der Waals surface area contributed by atoms with Crippen molar-refractivity contribution in [2.24, 2.45) is 0 Å². The van der Waals surface area contributed by atoms with Crippen molar-refractivity contribution in [2.45, 2.75) is 83.0 Å². The van der Waals surface area contributed by atoms with E-state index >= 15 is 0 Å². The van der Waals surface area contributed by atoms with Crippen molar-refractivity contribution in [3.05, 3.63) is 70.3 Å². The van der Waals surface area contributed by atoms with Crippen molar-refractivity contribution < 1.29 is 24.0 Å². The van der Waals surface area contributed by atoms with E-state index in [2.05, 4.69) is 28.1 Å². The molecule has 9 nitrogen and oxygen atoms in total. The van der Waals surface area contributed by atoms with Crippen LogP contribution in [0.2, 0.25) is 0 Å². The second kappa shape index (κ2) is 11.4. The summed E-state index contributed by atoms with van der Waals surface area (Å²) in [5.41, 5.74) is 4.84. The fourth-order valence-corrected chi connectivity index (χ4v) is 6.07. The Bertz CT molecular complexity index is 1320. The minimum absolute atomic E-state index is 0.0691. The van der Waals surface area contributed by atoms with E-state index in [0.29, 0.717) is 37.8 Å². The Morgan fingerprint density at radius 2 is 1.87 bits per heavy atom. The molecule has 0 spiro atoms. The Morgan fingerprint density at radius 3 is 2.67 bits per heavy atom. The summed E-state index contributed by atoms with van der Waals surface area (Å²) in [5.74, 6) is -1.40. The third kappa shape index (κ3) is 5.72. The first-order chi connectivity index (χ1) is 18.8. The fourth-order valence-electron chi connectivity index (χ4n) is 6.07. The average molecular weight is 531 g/mol. The number of fused-ring (bicyclic) bond motifs is 2. The number of amides is 5. The number of carbonyl (C=O) groups is 5. The summed E-state index contributed by atoms with van der Waals surface area (Å²) in [6.45, 7) is 1.72. The van der Waals surface area contributed by atoms with Crippen molar-refractivity contribution in [2.75, 3.05) is 0 Å². The molecule has 1 aliphatic carbocycles. The van der Waals surface area contributed by atoms with Crippen LogP contribution >= 0.6 is 0 Å². The molecule has 9 heteroatoms. The van der Waals surface area contributed by atoms with Crippen LogP contribution in [0.25, 0.3) is 0 Å². The van der Waals surface area contributed by atoms with Crippen LogP contribution in [-0.4, -0.2) is 46.5 Å². The van der Waals surface area contributed by atoms with Gasteiger partial charge in [-0.2, -0.15) is 0 Å². The van der Waals surface area contributed by atoms with E-state index < -0.39 is 18.0 Å². The molecule has 39 heavy (non-hydrogen) atoms. The van der Waals surface area contributed by atoms with Crippen molar-refractivity contribution in [3.8, 4) is 0 Å². The minimum Gasteiger partial charge on any atom is -0.348 e. The Morgan fingerprint density at radius 1 is 1.05 bits per heavy atom. The van der Waals surface area contributed by atoms with E-state index in [9.17, 15) is 24.0 Å². The molecule has 204 valence electrons. The molecule has 1 saturated heterocycles. The lowest BCUT2D eigenvalue weighted by Crippen LogP contribution is -2.52. The second-order valence-electron chi connectivity index (χ2n) is 10.6. The van der Waals surface area contributed by atoms with Gasteiger partial charge in [0.05, 0.1) is 6.04 Å². The molecule has 2 aromatic rings. The molecule has 1 fully saturated rings. The number of rotatable bonds is 8. The molecule has 2 aliphatic heterocycles. The Hall–Kier alpha value is -4.01. The third-order valence-corrected chi connectivity index (χ3v) is 8.00. The molecule has 2 heterocycles. The number of piperidine rings is 1.